The van der Waals surface area contributed by atoms with Gasteiger partial charge in [-0.15, -0.1) is 10.2 Å². The molecule has 0 radical (unpaired) electrons. The quantitative estimate of drug-likeness (QED) is 0.809. The maximum Gasteiger partial charge on any atom is 0.409 e. The number of hydrogen-bond donors (Lipinski definition) is 1. The summed E-state index contributed by atoms with van der Waals surface area (Å²) in [5.74, 6) is 0.720. The van der Waals surface area contributed by atoms with Crippen LogP contribution >= 0.6 is 0 Å². The highest BCUT2D eigenvalue weighted by molar-refractivity contribution is 5.69. The second-order valence-corrected chi connectivity index (χ2v) is 4.29. The molecule has 1 amide bonds. The molecular formula is C11H17N5O2. The standard InChI is InChI=1S/C11H17N5O2/c1-9(13-10-4-5-12-15-14-10)3-2-6-16-7-8-18-11(16)17/h4-5,9H,2-3,6-8H2,1H3,(H,12,13,14). The summed E-state index contributed by atoms with van der Waals surface area (Å²) in [6.45, 7) is 4.03. The fraction of sp³-hybridized carbons (Fsp3) is 0.636. The van der Waals surface area contributed by atoms with Gasteiger partial charge in [0, 0.05) is 18.7 Å². The van der Waals surface area contributed by atoms with E-state index in [1.807, 2.05) is 0 Å². The number of ether oxygens (including phenoxy) is 1. The van der Waals surface area contributed by atoms with Gasteiger partial charge in [-0.05, 0) is 25.0 Å². The highest BCUT2D eigenvalue weighted by atomic mass is 16.6. The van der Waals surface area contributed by atoms with Crippen molar-refractivity contribution in [3.05, 3.63) is 12.3 Å². The maximum absolute atomic E-state index is 11.2. The molecule has 18 heavy (non-hydrogen) atoms. The molecule has 1 fully saturated rings. The molecule has 0 spiro atoms. The van der Waals surface area contributed by atoms with Crippen LogP contribution in [0.25, 0.3) is 0 Å². The number of aromatic nitrogens is 3. The largest absolute Gasteiger partial charge is 0.448 e. The van der Waals surface area contributed by atoms with Crippen molar-refractivity contribution in [2.24, 2.45) is 0 Å². The zero-order chi connectivity index (χ0) is 12.8. The molecule has 1 aliphatic heterocycles. The first-order chi connectivity index (χ1) is 8.75. The number of cyclic esters (lactones) is 1. The first kappa shape index (κ1) is 12.5. The van der Waals surface area contributed by atoms with E-state index in [0.717, 1.165) is 25.2 Å². The van der Waals surface area contributed by atoms with E-state index in [2.05, 4.69) is 27.7 Å². The lowest BCUT2D eigenvalue weighted by molar-refractivity contribution is 0.158. The first-order valence-corrected chi connectivity index (χ1v) is 6.08. The van der Waals surface area contributed by atoms with Gasteiger partial charge in [0.1, 0.15) is 6.61 Å². The van der Waals surface area contributed by atoms with Crippen LogP contribution < -0.4 is 5.32 Å². The molecule has 7 heteroatoms. The predicted octanol–water partition coefficient (Wildman–Crippen LogP) is 0.904. The summed E-state index contributed by atoms with van der Waals surface area (Å²) in [4.78, 5) is 12.9. The van der Waals surface area contributed by atoms with Crippen LogP contribution in [0.5, 0.6) is 0 Å². The van der Waals surface area contributed by atoms with E-state index in [9.17, 15) is 4.79 Å². The minimum Gasteiger partial charge on any atom is -0.448 e. The molecule has 0 aromatic carbocycles. The van der Waals surface area contributed by atoms with Crippen molar-refractivity contribution in [3.63, 3.8) is 0 Å². The van der Waals surface area contributed by atoms with Gasteiger partial charge in [0.15, 0.2) is 5.82 Å². The van der Waals surface area contributed by atoms with E-state index in [1.165, 1.54) is 0 Å². The highest BCUT2D eigenvalue weighted by Crippen LogP contribution is 2.08. The van der Waals surface area contributed by atoms with Crippen molar-refractivity contribution >= 4 is 11.9 Å². The van der Waals surface area contributed by atoms with E-state index in [0.29, 0.717) is 13.2 Å². The Morgan fingerprint density at radius 2 is 2.50 bits per heavy atom. The van der Waals surface area contributed by atoms with E-state index in [4.69, 9.17) is 4.74 Å². The number of amides is 1. The number of nitrogens with one attached hydrogen (secondary N) is 1. The van der Waals surface area contributed by atoms with Gasteiger partial charge in [-0.3, -0.25) is 0 Å². The molecule has 0 saturated carbocycles. The average Bonchev–Trinajstić information content (AvgIpc) is 2.76. The van der Waals surface area contributed by atoms with Gasteiger partial charge in [0.2, 0.25) is 0 Å². The summed E-state index contributed by atoms with van der Waals surface area (Å²) < 4.78 is 4.86. The van der Waals surface area contributed by atoms with E-state index in [1.54, 1.807) is 17.2 Å². The van der Waals surface area contributed by atoms with E-state index in [-0.39, 0.29) is 12.1 Å². The van der Waals surface area contributed by atoms with Gasteiger partial charge in [-0.25, -0.2) is 4.79 Å². The summed E-state index contributed by atoms with van der Waals surface area (Å²) in [6, 6.07) is 2.06. The van der Waals surface area contributed by atoms with Gasteiger partial charge in [0.05, 0.1) is 12.7 Å². The van der Waals surface area contributed by atoms with Gasteiger partial charge in [-0.2, -0.15) is 0 Å². The predicted molar refractivity (Wildman–Crippen MR) is 65.1 cm³/mol. The van der Waals surface area contributed by atoms with Crippen LogP contribution in [0.4, 0.5) is 10.6 Å². The monoisotopic (exact) mass is 251 g/mol. The smallest absolute Gasteiger partial charge is 0.409 e. The Bertz CT molecular complexity index is 386. The number of carbonyl (C=O) groups excluding carboxylic acids is 1. The van der Waals surface area contributed by atoms with Crippen LogP contribution in [0.3, 0.4) is 0 Å². The Hall–Kier alpha value is -1.92. The molecule has 1 aliphatic rings. The van der Waals surface area contributed by atoms with Crippen LogP contribution in [0.2, 0.25) is 0 Å². The van der Waals surface area contributed by atoms with Crippen molar-refractivity contribution in [3.8, 4) is 0 Å². The van der Waals surface area contributed by atoms with Crippen LogP contribution in [-0.4, -0.2) is 52.1 Å². The minimum atomic E-state index is -0.199. The van der Waals surface area contributed by atoms with Crippen LogP contribution in [-0.2, 0) is 4.74 Å². The van der Waals surface area contributed by atoms with Gasteiger partial charge in [0.25, 0.3) is 0 Å². The number of nitrogens with zero attached hydrogens (tertiary/aromatic N) is 4. The van der Waals surface area contributed by atoms with Gasteiger partial charge < -0.3 is 15.0 Å². The molecular weight excluding hydrogens is 234 g/mol. The van der Waals surface area contributed by atoms with Crippen molar-refractivity contribution in [1.29, 1.82) is 0 Å². The van der Waals surface area contributed by atoms with Crippen molar-refractivity contribution in [1.82, 2.24) is 20.3 Å². The molecule has 0 bridgehead atoms. The second kappa shape index (κ2) is 6.13. The topological polar surface area (TPSA) is 80.2 Å². The maximum atomic E-state index is 11.2. The third-order valence-electron chi connectivity index (χ3n) is 2.81. The number of carbonyl (C=O) groups is 1. The molecule has 1 saturated heterocycles. The molecule has 2 rings (SSSR count). The molecule has 98 valence electrons. The molecule has 0 aliphatic carbocycles. The molecule has 1 aromatic rings. The number of rotatable bonds is 6. The number of hydrogen-bond acceptors (Lipinski definition) is 6. The fourth-order valence-electron chi connectivity index (χ4n) is 1.86. The van der Waals surface area contributed by atoms with Crippen molar-refractivity contribution in [2.75, 3.05) is 25.0 Å². The lowest BCUT2D eigenvalue weighted by atomic mass is 10.2. The Morgan fingerprint density at radius 3 is 3.17 bits per heavy atom. The van der Waals surface area contributed by atoms with Crippen LogP contribution in [0.15, 0.2) is 12.3 Å². The molecule has 1 aromatic heterocycles. The SMILES string of the molecule is CC(CCCN1CCOC1=O)Nc1ccnnn1. The lowest BCUT2D eigenvalue weighted by Crippen LogP contribution is -2.26. The Morgan fingerprint density at radius 1 is 1.61 bits per heavy atom. The molecule has 1 N–H and O–H groups in total. The normalized spacial score (nSPS) is 16.5. The van der Waals surface area contributed by atoms with E-state index >= 15 is 0 Å². The molecule has 2 heterocycles. The highest BCUT2D eigenvalue weighted by Gasteiger charge is 2.21. The van der Waals surface area contributed by atoms with E-state index < -0.39 is 0 Å². The molecule has 1 unspecified atom stereocenters. The second-order valence-electron chi connectivity index (χ2n) is 4.29. The number of anilines is 1. The van der Waals surface area contributed by atoms with Crippen molar-refractivity contribution in [2.45, 2.75) is 25.8 Å². The van der Waals surface area contributed by atoms with Crippen molar-refractivity contribution < 1.29 is 9.53 Å². The Labute approximate surface area is 106 Å². The molecule has 1 atom stereocenters. The zero-order valence-electron chi connectivity index (χ0n) is 10.4. The summed E-state index contributed by atoms with van der Waals surface area (Å²) in [6.07, 6.45) is 3.29. The summed E-state index contributed by atoms with van der Waals surface area (Å²) in [5, 5.41) is 14.3. The first-order valence-electron chi connectivity index (χ1n) is 6.08. The zero-order valence-corrected chi connectivity index (χ0v) is 10.4. The summed E-state index contributed by atoms with van der Waals surface area (Å²) >= 11 is 0. The Kier molecular flexibility index (Phi) is 4.27. The summed E-state index contributed by atoms with van der Waals surface area (Å²) in [5.41, 5.74) is 0. The average molecular weight is 251 g/mol. The van der Waals surface area contributed by atoms with Crippen LogP contribution in [0, 0.1) is 0 Å². The molecule has 7 nitrogen and oxygen atoms in total. The third kappa shape index (κ3) is 3.54. The third-order valence-corrected chi connectivity index (χ3v) is 2.81. The lowest BCUT2D eigenvalue weighted by Gasteiger charge is -2.16. The van der Waals surface area contributed by atoms with Gasteiger partial charge >= 0.3 is 6.09 Å². The minimum absolute atomic E-state index is 0.199. The van der Waals surface area contributed by atoms with Gasteiger partial charge in [-0.1, -0.05) is 0 Å². The fourth-order valence-corrected chi connectivity index (χ4v) is 1.86. The Balaban J connectivity index is 1.66. The van der Waals surface area contributed by atoms with Crippen LogP contribution in [0.1, 0.15) is 19.8 Å². The summed E-state index contributed by atoms with van der Waals surface area (Å²) in [7, 11) is 0.